The number of piperidine rings is 1. The lowest BCUT2D eigenvalue weighted by Crippen LogP contribution is -2.51. The van der Waals surface area contributed by atoms with E-state index in [0.717, 1.165) is 45.0 Å². The average Bonchev–Trinajstić information content (AvgIpc) is 2.79. The number of nitrogens with one attached hydrogen (secondary N) is 2. The molecule has 0 radical (unpaired) electrons. The molecule has 5 nitrogen and oxygen atoms in total. The number of likely N-dealkylation sites (tertiary alicyclic amines) is 1. The van der Waals surface area contributed by atoms with Crippen molar-refractivity contribution in [3.05, 3.63) is 0 Å². The fraction of sp³-hybridized carbons (Fsp3) is 0.733. The molecule has 1 spiro atoms. The van der Waals surface area contributed by atoms with Crippen LogP contribution in [0.3, 0.4) is 0 Å². The van der Waals surface area contributed by atoms with E-state index in [1.54, 1.807) is 0 Å². The summed E-state index contributed by atoms with van der Waals surface area (Å²) in [6.07, 6.45) is 8.81. The molecule has 0 saturated carbocycles. The summed E-state index contributed by atoms with van der Waals surface area (Å²) in [7, 11) is 0. The quantitative estimate of drug-likeness (QED) is 0.343. The van der Waals surface area contributed by atoms with Crippen LogP contribution in [0.1, 0.15) is 32.6 Å². The molecule has 20 heavy (non-hydrogen) atoms. The molecule has 0 aliphatic carbocycles. The third-order valence-corrected chi connectivity index (χ3v) is 4.01. The van der Waals surface area contributed by atoms with Crippen molar-refractivity contribution >= 4 is 11.9 Å². The number of amides is 1. The maximum atomic E-state index is 11.5. The van der Waals surface area contributed by atoms with Gasteiger partial charge in [0, 0.05) is 44.4 Å². The van der Waals surface area contributed by atoms with Gasteiger partial charge in [0.05, 0.1) is 6.54 Å². The monoisotopic (exact) mass is 276 g/mol. The summed E-state index contributed by atoms with van der Waals surface area (Å²) in [6, 6.07) is 0. The maximum absolute atomic E-state index is 11.5. The molecule has 1 unspecified atom stereocenters. The topological polar surface area (TPSA) is 56.7 Å². The molecule has 0 bridgehead atoms. The van der Waals surface area contributed by atoms with Crippen LogP contribution in [0.15, 0.2) is 4.99 Å². The second kappa shape index (κ2) is 6.65. The van der Waals surface area contributed by atoms with Crippen molar-refractivity contribution in [3.8, 4) is 12.3 Å². The molecular formula is C15H24N4O. The zero-order valence-electron chi connectivity index (χ0n) is 12.2. The molecule has 2 N–H and O–H groups in total. The summed E-state index contributed by atoms with van der Waals surface area (Å²) in [5.41, 5.74) is 0.0949. The Morgan fingerprint density at radius 2 is 2.50 bits per heavy atom. The number of hydrogen-bond donors (Lipinski definition) is 2. The molecule has 0 aromatic carbocycles. The first-order valence-corrected chi connectivity index (χ1v) is 7.42. The zero-order chi connectivity index (χ0) is 14.4. The van der Waals surface area contributed by atoms with Gasteiger partial charge in [0.1, 0.15) is 0 Å². The molecule has 2 saturated heterocycles. The van der Waals surface area contributed by atoms with Gasteiger partial charge in [0.15, 0.2) is 5.96 Å². The van der Waals surface area contributed by atoms with Crippen molar-refractivity contribution in [1.82, 2.24) is 15.5 Å². The predicted octanol–water partition coefficient (Wildman–Crippen LogP) is 0.577. The van der Waals surface area contributed by atoms with E-state index < -0.39 is 0 Å². The third kappa shape index (κ3) is 3.44. The first kappa shape index (κ1) is 14.7. The van der Waals surface area contributed by atoms with Crippen LogP contribution in [-0.2, 0) is 4.79 Å². The lowest BCUT2D eigenvalue weighted by molar-refractivity contribution is -0.119. The van der Waals surface area contributed by atoms with Gasteiger partial charge in [-0.3, -0.25) is 9.79 Å². The number of nitrogens with zero attached hydrogens (tertiary/aromatic N) is 2. The Kier molecular flexibility index (Phi) is 4.89. The predicted molar refractivity (Wildman–Crippen MR) is 80.3 cm³/mol. The van der Waals surface area contributed by atoms with Gasteiger partial charge >= 0.3 is 0 Å². The summed E-state index contributed by atoms with van der Waals surface area (Å²) in [4.78, 5) is 18.4. The SMILES string of the molecule is C#CCCN=C(NCC)N1CCCC2(CNC(=O)C2)C1. The Bertz CT molecular complexity index is 426. The van der Waals surface area contributed by atoms with Crippen LogP contribution >= 0.6 is 0 Å². The summed E-state index contributed by atoms with van der Waals surface area (Å²) < 4.78 is 0. The first-order valence-electron chi connectivity index (χ1n) is 7.42. The normalized spacial score (nSPS) is 26.5. The van der Waals surface area contributed by atoms with Crippen LogP contribution in [0.2, 0.25) is 0 Å². The fourth-order valence-corrected chi connectivity index (χ4v) is 3.08. The highest BCUT2D eigenvalue weighted by Crippen LogP contribution is 2.35. The lowest BCUT2D eigenvalue weighted by Gasteiger charge is -2.40. The van der Waals surface area contributed by atoms with E-state index in [0.29, 0.717) is 19.4 Å². The Balaban J connectivity index is 2.03. The van der Waals surface area contributed by atoms with E-state index in [-0.39, 0.29) is 11.3 Å². The Morgan fingerprint density at radius 3 is 3.15 bits per heavy atom. The van der Waals surface area contributed by atoms with Crippen molar-refractivity contribution in [2.24, 2.45) is 10.4 Å². The zero-order valence-corrected chi connectivity index (χ0v) is 12.2. The van der Waals surface area contributed by atoms with Gasteiger partial charge < -0.3 is 15.5 Å². The molecule has 5 heteroatoms. The van der Waals surface area contributed by atoms with Crippen LogP contribution in [0.5, 0.6) is 0 Å². The van der Waals surface area contributed by atoms with Gasteiger partial charge in [-0.2, -0.15) is 0 Å². The Hall–Kier alpha value is -1.70. The van der Waals surface area contributed by atoms with Crippen LogP contribution in [-0.4, -0.2) is 49.5 Å². The minimum absolute atomic E-state index is 0.0949. The third-order valence-electron chi connectivity index (χ3n) is 4.01. The lowest BCUT2D eigenvalue weighted by atomic mass is 9.79. The number of hydrogen-bond acceptors (Lipinski definition) is 2. The Morgan fingerprint density at radius 1 is 1.65 bits per heavy atom. The van der Waals surface area contributed by atoms with E-state index in [2.05, 4.69) is 33.4 Å². The van der Waals surface area contributed by atoms with Gasteiger partial charge in [0.25, 0.3) is 0 Å². The molecule has 2 heterocycles. The van der Waals surface area contributed by atoms with Gasteiger partial charge in [-0.1, -0.05) is 0 Å². The highest BCUT2D eigenvalue weighted by atomic mass is 16.1. The van der Waals surface area contributed by atoms with Crippen molar-refractivity contribution in [2.75, 3.05) is 32.7 Å². The molecule has 0 aromatic rings. The Labute approximate surface area is 121 Å². The van der Waals surface area contributed by atoms with Crippen molar-refractivity contribution in [1.29, 1.82) is 0 Å². The number of carbonyl (C=O) groups is 1. The summed E-state index contributed by atoms with van der Waals surface area (Å²) >= 11 is 0. The molecule has 1 amide bonds. The number of guanidine groups is 1. The van der Waals surface area contributed by atoms with Gasteiger partial charge in [-0.15, -0.1) is 12.3 Å². The van der Waals surface area contributed by atoms with Crippen LogP contribution in [0.4, 0.5) is 0 Å². The fourth-order valence-electron chi connectivity index (χ4n) is 3.08. The summed E-state index contributed by atoms with van der Waals surface area (Å²) in [6.45, 7) is 6.25. The standard InChI is InChI=1S/C15H24N4O/c1-3-5-8-17-14(16-4-2)19-9-6-7-15(12-19)10-13(20)18-11-15/h1H,4-12H2,2H3,(H,16,17)(H,18,20). The molecule has 2 aliphatic heterocycles. The average molecular weight is 276 g/mol. The second-order valence-corrected chi connectivity index (χ2v) is 5.67. The highest BCUT2D eigenvalue weighted by Gasteiger charge is 2.42. The summed E-state index contributed by atoms with van der Waals surface area (Å²) in [5.74, 6) is 3.73. The van der Waals surface area contributed by atoms with E-state index in [1.165, 1.54) is 0 Å². The molecule has 2 aliphatic rings. The molecule has 0 aromatic heterocycles. The van der Waals surface area contributed by atoms with Gasteiger partial charge in [-0.05, 0) is 19.8 Å². The van der Waals surface area contributed by atoms with Crippen LogP contribution in [0, 0.1) is 17.8 Å². The minimum Gasteiger partial charge on any atom is -0.357 e. The first-order chi connectivity index (χ1) is 9.69. The summed E-state index contributed by atoms with van der Waals surface area (Å²) in [5, 5.41) is 6.30. The largest absolute Gasteiger partial charge is 0.357 e. The van der Waals surface area contributed by atoms with E-state index in [4.69, 9.17) is 6.42 Å². The van der Waals surface area contributed by atoms with Crippen molar-refractivity contribution < 1.29 is 4.79 Å². The van der Waals surface area contributed by atoms with Gasteiger partial charge in [-0.25, -0.2) is 0 Å². The van der Waals surface area contributed by atoms with E-state index in [1.807, 2.05) is 0 Å². The molecule has 110 valence electrons. The smallest absolute Gasteiger partial charge is 0.220 e. The van der Waals surface area contributed by atoms with Crippen LogP contribution < -0.4 is 10.6 Å². The second-order valence-electron chi connectivity index (χ2n) is 5.67. The molecule has 2 fully saturated rings. The minimum atomic E-state index is 0.0949. The van der Waals surface area contributed by atoms with E-state index >= 15 is 0 Å². The molecular weight excluding hydrogens is 252 g/mol. The van der Waals surface area contributed by atoms with Crippen LogP contribution in [0.25, 0.3) is 0 Å². The number of aliphatic imine (C=N–C) groups is 1. The molecule has 2 rings (SSSR count). The van der Waals surface area contributed by atoms with Crippen molar-refractivity contribution in [3.63, 3.8) is 0 Å². The maximum Gasteiger partial charge on any atom is 0.220 e. The number of terminal acetylenes is 1. The number of rotatable bonds is 3. The van der Waals surface area contributed by atoms with Crippen molar-refractivity contribution in [2.45, 2.75) is 32.6 Å². The van der Waals surface area contributed by atoms with E-state index in [9.17, 15) is 4.79 Å². The molecule has 1 atom stereocenters. The number of carbonyl (C=O) groups excluding carboxylic acids is 1. The highest BCUT2D eigenvalue weighted by molar-refractivity contribution is 5.81. The van der Waals surface area contributed by atoms with Gasteiger partial charge in [0.2, 0.25) is 5.91 Å².